The molecule has 3 rings (SSSR count). The normalized spacial score (nSPS) is 11.0. The fraction of sp³-hybridized carbons (Fsp3) is 0.389. The quantitative estimate of drug-likeness (QED) is 0.644. The minimum absolute atomic E-state index is 0. The zero-order valence-corrected chi connectivity index (χ0v) is 17.1. The highest BCUT2D eigenvalue weighted by Gasteiger charge is 2.23. The van der Waals surface area contributed by atoms with E-state index in [9.17, 15) is 4.79 Å². The summed E-state index contributed by atoms with van der Waals surface area (Å²) in [5.41, 5.74) is 2.57. The summed E-state index contributed by atoms with van der Waals surface area (Å²) in [5, 5.41) is 4.99. The molecule has 2 aromatic heterocycles. The first kappa shape index (κ1) is 20.4. The number of anilines is 1. The average molecular weight is 394 g/mol. The van der Waals surface area contributed by atoms with Crippen molar-refractivity contribution in [3.05, 3.63) is 41.7 Å². The lowest BCUT2D eigenvalue weighted by Gasteiger charge is -2.20. The number of halogens is 1. The predicted octanol–water partition coefficient (Wildman–Crippen LogP) is 3.36. The molecule has 0 aliphatic carbocycles. The highest BCUT2D eigenvalue weighted by molar-refractivity contribution is 7.22. The smallest absolute Gasteiger partial charge is 0.280 e. The summed E-state index contributed by atoms with van der Waals surface area (Å²) in [5.74, 6) is -0.102. The van der Waals surface area contributed by atoms with Crippen molar-refractivity contribution >= 4 is 45.0 Å². The van der Waals surface area contributed by atoms with Crippen LogP contribution in [0.5, 0.6) is 0 Å². The van der Waals surface area contributed by atoms with E-state index in [1.165, 1.54) is 5.56 Å². The van der Waals surface area contributed by atoms with Crippen LogP contribution in [0.1, 0.15) is 22.5 Å². The molecule has 8 heteroatoms. The van der Waals surface area contributed by atoms with Gasteiger partial charge < -0.3 is 4.90 Å². The van der Waals surface area contributed by atoms with Crippen LogP contribution in [0, 0.1) is 6.92 Å². The van der Waals surface area contributed by atoms with Crippen LogP contribution in [-0.2, 0) is 7.05 Å². The molecule has 0 bridgehead atoms. The number of hydrogen-bond acceptors (Lipinski definition) is 5. The summed E-state index contributed by atoms with van der Waals surface area (Å²) in [4.78, 5) is 21.5. The second-order valence-electron chi connectivity index (χ2n) is 6.46. The summed E-state index contributed by atoms with van der Waals surface area (Å²) >= 11 is 1.55. The van der Waals surface area contributed by atoms with Crippen LogP contribution in [0.25, 0.3) is 10.2 Å². The van der Waals surface area contributed by atoms with Crippen LogP contribution in [-0.4, -0.2) is 52.8 Å². The third-order valence-electron chi connectivity index (χ3n) is 3.93. The topological polar surface area (TPSA) is 54.3 Å². The molecule has 1 aromatic carbocycles. The van der Waals surface area contributed by atoms with Gasteiger partial charge in [-0.1, -0.05) is 17.4 Å². The average Bonchev–Trinajstić information content (AvgIpc) is 3.16. The lowest BCUT2D eigenvalue weighted by atomic mass is 10.2. The fourth-order valence-corrected chi connectivity index (χ4v) is 3.72. The number of amides is 1. The van der Waals surface area contributed by atoms with E-state index in [0.717, 1.165) is 28.3 Å². The standard InChI is InChI=1S/C18H23N5OS.ClH/c1-13-6-7-14-16(12-13)25-18(19-14)23(10-5-9-21(2)3)17(24)15-8-11-22(4)20-15;/h6-8,11-12H,5,9-10H2,1-4H3;1H. The van der Waals surface area contributed by atoms with E-state index in [4.69, 9.17) is 0 Å². The molecule has 3 aromatic rings. The van der Waals surface area contributed by atoms with Crippen molar-refractivity contribution in [2.75, 3.05) is 32.1 Å². The SMILES string of the molecule is Cc1ccc2nc(N(CCCN(C)C)C(=O)c3ccn(C)n3)sc2c1.Cl. The molecular weight excluding hydrogens is 370 g/mol. The molecule has 0 atom stereocenters. The first-order chi connectivity index (χ1) is 11.9. The minimum Gasteiger partial charge on any atom is -0.309 e. The molecule has 0 spiro atoms. The number of rotatable bonds is 6. The zero-order chi connectivity index (χ0) is 18.0. The number of benzene rings is 1. The summed E-state index contributed by atoms with van der Waals surface area (Å²) in [6.45, 7) is 3.59. The Labute approximate surface area is 163 Å². The van der Waals surface area contributed by atoms with Crippen molar-refractivity contribution in [3.8, 4) is 0 Å². The molecule has 0 saturated heterocycles. The van der Waals surface area contributed by atoms with E-state index >= 15 is 0 Å². The lowest BCUT2D eigenvalue weighted by molar-refractivity contribution is 0.0980. The van der Waals surface area contributed by atoms with Gasteiger partial charge >= 0.3 is 0 Å². The molecule has 0 N–H and O–H groups in total. The molecule has 140 valence electrons. The van der Waals surface area contributed by atoms with Gasteiger partial charge in [0.15, 0.2) is 10.8 Å². The Hall–Kier alpha value is -1.96. The number of hydrogen-bond donors (Lipinski definition) is 0. The number of nitrogens with zero attached hydrogens (tertiary/aromatic N) is 5. The Morgan fingerprint density at radius 2 is 2.00 bits per heavy atom. The molecule has 0 radical (unpaired) electrons. The molecule has 6 nitrogen and oxygen atoms in total. The van der Waals surface area contributed by atoms with E-state index < -0.39 is 0 Å². The number of aryl methyl sites for hydroxylation is 2. The van der Waals surface area contributed by atoms with Gasteiger partial charge in [-0.15, -0.1) is 12.4 Å². The van der Waals surface area contributed by atoms with Crippen LogP contribution in [0.15, 0.2) is 30.5 Å². The number of fused-ring (bicyclic) bond motifs is 1. The Balaban J connectivity index is 0.00000243. The molecule has 0 unspecified atom stereocenters. The summed E-state index contributed by atoms with van der Waals surface area (Å²) in [7, 11) is 5.88. The van der Waals surface area contributed by atoms with Crippen LogP contribution in [0.3, 0.4) is 0 Å². The molecule has 2 heterocycles. The van der Waals surface area contributed by atoms with Crippen LogP contribution in [0.4, 0.5) is 5.13 Å². The van der Waals surface area contributed by atoms with E-state index in [1.54, 1.807) is 33.2 Å². The second-order valence-corrected chi connectivity index (χ2v) is 7.46. The highest BCUT2D eigenvalue weighted by atomic mass is 35.5. The van der Waals surface area contributed by atoms with Gasteiger partial charge in [-0.05, 0) is 57.7 Å². The number of aromatic nitrogens is 3. The Bertz CT molecular complexity index is 889. The van der Waals surface area contributed by atoms with Crippen molar-refractivity contribution in [1.29, 1.82) is 0 Å². The maximum absolute atomic E-state index is 13.0. The Morgan fingerprint density at radius 3 is 2.65 bits per heavy atom. The largest absolute Gasteiger partial charge is 0.309 e. The van der Waals surface area contributed by atoms with Gasteiger partial charge in [0.2, 0.25) is 0 Å². The van der Waals surface area contributed by atoms with Gasteiger partial charge in [0.25, 0.3) is 5.91 Å². The fourth-order valence-electron chi connectivity index (χ4n) is 2.63. The maximum atomic E-state index is 13.0. The summed E-state index contributed by atoms with van der Waals surface area (Å²) in [6, 6.07) is 7.91. The van der Waals surface area contributed by atoms with Crippen LogP contribution in [0.2, 0.25) is 0 Å². The lowest BCUT2D eigenvalue weighted by Crippen LogP contribution is -2.33. The molecule has 26 heavy (non-hydrogen) atoms. The van der Waals surface area contributed by atoms with E-state index in [-0.39, 0.29) is 18.3 Å². The van der Waals surface area contributed by atoms with Gasteiger partial charge in [0.1, 0.15) is 0 Å². The van der Waals surface area contributed by atoms with Gasteiger partial charge in [-0.25, -0.2) is 4.98 Å². The van der Waals surface area contributed by atoms with E-state index in [1.807, 2.05) is 33.3 Å². The van der Waals surface area contributed by atoms with Gasteiger partial charge in [-0.3, -0.25) is 14.4 Å². The number of carbonyl (C=O) groups excluding carboxylic acids is 1. The maximum Gasteiger partial charge on any atom is 0.280 e. The van der Waals surface area contributed by atoms with Crippen molar-refractivity contribution in [3.63, 3.8) is 0 Å². The van der Waals surface area contributed by atoms with Crippen molar-refractivity contribution in [2.45, 2.75) is 13.3 Å². The van der Waals surface area contributed by atoms with E-state index in [2.05, 4.69) is 28.0 Å². The minimum atomic E-state index is -0.102. The predicted molar refractivity (Wildman–Crippen MR) is 110 cm³/mol. The Morgan fingerprint density at radius 1 is 1.23 bits per heavy atom. The molecule has 0 aliphatic rings. The number of thiazole rings is 1. The van der Waals surface area contributed by atoms with Crippen molar-refractivity contribution in [2.24, 2.45) is 7.05 Å². The number of carbonyl (C=O) groups is 1. The third kappa shape index (κ3) is 4.60. The first-order valence-corrected chi connectivity index (χ1v) is 9.09. The van der Waals surface area contributed by atoms with Crippen LogP contribution >= 0.6 is 23.7 Å². The molecule has 0 saturated carbocycles. The van der Waals surface area contributed by atoms with Crippen molar-refractivity contribution < 1.29 is 4.79 Å². The molecule has 0 aliphatic heterocycles. The van der Waals surface area contributed by atoms with E-state index in [0.29, 0.717) is 12.2 Å². The summed E-state index contributed by atoms with van der Waals surface area (Å²) in [6.07, 6.45) is 2.66. The highest BCUT2D eigenvalue weighted by Crippen LogP contribution is 2.30. The van der Waals surface area contributed by atoms with Gasteiger partial charge in [0.05, 0.1) is 10.2 Å². The third-order valence-corrected chi connectivity index (χ3v) is 4.97. The van der Waals surface area contributed by atoms with Crippen molar-refractivity contribution in [1.82, 2.24) is 19.7 Å². The zero-order valence-electron chi connectivity index (χ0n) is 15.5. The monoisotopic (exact) mass is 393 g/mol. The molecule has 0 fully saturated rings. The van der Waals surface area contributed by atoms with Crippen LogP contribution < -0.4 is 4.90 Å². The molecular formula is C18H24ClN5OS. The molecule has 1 amide bonds. The Kier molecular flexibility index (Phi) is 6.75. The second kappa shape index (κ2) is 8.62. The van der Waals surface area contributed by atoms with Gasteiger partial charge in [-0.2, -0.15) is 5.10 Å². The summed E-state index contributed by atoms with van der Waals surface area (Å²) < 4.78 is 2.74. The first-order valence-electron chi connectivity index (χ1n) is 8.27. The van der Waals surface area contributed by atoms with Gasteiger partial charge in [0, 0.05) is 19.8 Å².